The Balaban J connectivity index is 0.000000637. The molecule has 2 heterocycles. The third-order valence-corrected chi connectivity index (χ3v) is 4.07. The van der Waals surface area contributed by atoms with E-state index in [1.165, 1.54) is 29.6 Å². The van der Waals surface area contributed by atoms with Gasteiger partial charge in [0, 0.05) is 49.2 Å². The van der Waals surface area contributed by atoms with Crippen LogP contribution < -0.4 is 0 Å². The van der Waals surface area contributed by atoms with Crippen molar-refractivity contribution >= 4 is 10.9 Å². The zero-order chi connectivity index (χ0) is 14.0. The van der Waals surface area contributed by atoms with Crippen LogP contribution in [0.2, 0.25) is 0 Å². The Kier molecular flexibility index (Phi) is 4.31. The lowest BCUT2D eigenvalue weighted by molar-refractivity contribution is 0.202. The summed E-state index contributed by atoms with van der Waals surface area (Å²) < 4.78 is 2.38. The number of nitrogens with zero attached hydrogens (tertiary/aromatic N) is 2. The fourth-order valence-electron chi connectivity index (χ4n) is 2.99. The van der Waals surface area contributed by atoms with Gasteiger partial charge in [0.1, 0.15) is 0 Å². The molecule has 0 atom stereocenters. The maximum atomic E-state index is 2.56. The summed E-state index contributed by atoms with van der Waals surface area (Å²) in [5.41, 5.74) is 4.45. The largest absolute Gasteiger partial charge is 0.347 e. The highest BCUT2D eigenvalue weighted by molar-refractivity contribution is 5.85. The summed E-state index contributed by atoms with van der Waals surface area (Å²) >= 11 is 0. The third-order valence-electron chi connectivity index (χ3n) is 4.07. The van der Waals surface area contributed by atoms with Crippen LogP contribution in [0, 0.1) is 0 Å². The summed E-state index contributed by atoms with van der Waals surface area (Å²) in [4.78, 5) is 2.56. The molecule has 2 heteroatoms. The first-order valence-corrected chi connectivity index (χ1v) is 7.47. The lowest BCUT2D eigenvalue weighted by Gasteiger charge is -2.31. The van der Waals surface area contributed by atoms with Gasteiger partial charge in [-0.05, 0) is 25.5 Å². The van der Waals surface area contributed by atoms with E-state index in [9.17, 15) is 0 Å². The van der Waals surface area contributed by atoms with Crippen molar-refractivity contribution in [3.8, 4) is 0 Å². The van der Waals surface area contributed by atoms with Gasteiger partial charge >= 0.3 is 0 Å². The molecule has 0 radical (unpaired) electrons. The van der Waals surface area contributed by atoms with E-state index in [2.05, 4.69) is 54.6 Å². The van der Waals surface area contributed by atoms with E-state index in [1.54, 1.807) is 5.56 Å². The minimum atomic E-state index is 0.641. The van der Waals surface area contributed by atoms with Crippen LogP contribution >= 0.6 is 0 Å². The Morgan fingerprint density at radius 1 is 1.11 bits per heavy atom. The summed E-state index contributed by atoms with van der Waals surface area (Å²) in [6.07, 6.45) is 1.18. The lowest BCUT2D eigenvalue weighted by Crippen LogP contribution is -2.36. The number of para-hydroxylation sites is 1. The van der Waals surface area contributed by atoms with Gasteiger partial charge in [-0.25, -0.2) is 0 Å². The van der Waals surface area contributed by atoms with Gasteiger partial charge < -0.3 is 4.57 Å². The third kappa shape index (κ3) is 2.42. The van der Waals surface area contributed by atoms with Gasteiger partial charge in [-0.1, -0.05) is 32.0 Å². The van der Waals surface area contributed by atoms with Gasteiger partial charge in [0.05, 0.1) is 0 Å². The number of hydrogen-bond acceptors (Lipinski definition) is 1. The molecule has 3 rings (SSSR count). The molecule has 19 heavy (non-hydrogen) atoms. The number of aryl methyl sites for hydroxylation is 1. The summed E-state index contributed by atoms with van der Waals surface area (Å²) in [5.74, 6) is 0. The molecule has 0 fully saturated rings. The highest BCUT2D eigenvalue weighted by atomic mass is 15.2. The summed E-state index contributed by atoms with van der Waals surface area (Å²) in [6.45, 7) is 10.9. The van der Waals surface area contributed by atoms with Crippen molar-refractivity contribution in [2.75, 3.05) is 6.54 Å². The van der Waals surface area contributed by atoms with Crippen LogP contribution in [0.4, 0.5) is 0 Å². The van der Waals surface area contributed by atoms with E-state index >= 15 is 0 Å². The maximum absolute atomic E-state index is 2.56. The molecule has 0 saturated heterocycles. The van der Waals surface area contributed by atoms with Gasteiger partial charge in [-0.15, -0.1) is 0 Å². The van der Waals surface area contributed by atoms with Crippen molar-refractivity contribution in [3.05, 3.63) is 35.5 Å². The second-order valence-electron chi connectivity index (χ2n) is 5.32. The molecule has 1 aliphatic rings. The van der Waals surface area contributed by atoms with Crippen molar-refractivity contribution in [2.45, 2.75) is 46.7 Å². The summed E-state index contributed by atoms with van der Waals surface area (Å²) in [6, 6.07) is 9.41. The second kappa shape index (κ2) is 5.79. The zero-order valence-electron chi connectivity index (χ0n) is 12.9. The Morgan fingerprint density at radius 2 is 1.79 bits per heavy atom. The number of fused-ring (bicyclic) bond motifs is 3. The number of benzene rings is 1. The van der Waals surface area contributed by atoms with E-state index in [1.807, 2.05) is 13.8 Å². The van der Waals surface area contributed by atoms with Gasteiger partial charge in [0.2, 0.25) is 0 Å². The topological polar surface area (TPSA) is 8.17 Å². The predicted octanol–water partition coefficient (Wildman–Crippen LogP) is 3.97. The van der Waals surface area contributed by atoms with Crippen molar-refractivity contribution in [1.29, 1.82) is 0 Å². The predicted molar refractivity (Wildman–Crippen MR) is 83.5 cm³/mol. The van der Waals surface area contributed by atoms with Gasteiger partial charge in [0.15, 0.2) is 0 Å². The molecule has 1 aromatic heterocycles. The molecule has 104 valence electrons. The van der Waals surface area contributed by atoms with Crippen LogP contribution in [0.3, 0.4) is 0 Å². The molecular formula is C17H26N2. The van der Waals surface area contributed by atoms with E-state index in [-0.39, 0.29) is 0 Å². The molecule has 0 saturated carbocycles. The Morgan fingerprint density at radius 3 is 2.47 bits per heavy atom. The standard InChI is InChI=1S/C15H20N2.C2H6/c1-11(2)17-9-8-15-13(10-17)12-6-4-5-7-14(12)16(15)3;1-2/h4-7,11H,8-10H2,1-3H3;1-2H3. The molecule has 1 aliphatic heterocycles. The Hall–Kier alpha value is -1.28. The number of hydrogen-bond donors (Lipinski definition) is 0. The van der Waals surface area contributed by atoms with E-state index in [0.717, 1.165) is 6.54 Å². The fraction of sp³-hybridized carbons (Fsp3) is 0.529. The van der Waals surface area contributed by atoms with Crippen molar-refractivity contribution in [1.82, 2.24) is 9.47 Å². The monoisotopic (exact) mass is 258 g/mol. The minimum Gasteiger partial charge on any atom is -0.347 e. The summed E-state index contributed by atoms with van der Waals surface area (Å²) in [7, 11) is 2.20. The highest BCUT2D eigenvalue weighted by Gasteiger charge is 2.23. The first-order valence-electron chi connectivity index (χ1n) is 7.47. The van der Waals surface area contributed by atoms with Crippen LogP contribution in [-0.4, -0.2) is 22.1 Å². The number of aromatic nitrogens is 1. The molecule has 1 aromatic carbocycles. The molecule has 0 spiro atoms. The maximum Gasteiger partial charge on any atom is 0.0483 e. The fourth-order valence-corrected chi connectivity index (χ4v) is 2.99. The molecule has 2 nitrogen and oxygen atoms in total. The summed E-state index contributed by atoms with van der Waals surface area (Å²) in [5, 5.41) is 1.44. The molecule has 0 aliphatic carbocycles. The van der Waals surface area contributed by atoms with Crippen molar-refractivity contribution in [2.24, 2.45) is 7.05 Å². The molecule has 0 unspecified atom stereocenters. The van der Waals surface area contributed by atoms with Crippen LogP contribution in [-0.2, 0) is 20.0 Å². The SMILES string of the molecule is CC.CC(C)N1CCc2c(c3ccccc3n2C)C1. The molecule has 0 bridgehead atoms. The van der Waals surface area contributed by atoms with Crippen LogP contribution in [0.25, 0.3) is 10.9 Å². The van der Waals surface area contributed by atoms with Crippen molar-refractivity contribution in [3.63, 3.8) is 0 Å². The minimum absolute atomic E-state index is 0.641. The van der Waals surface area contributed by atoms with Crippen LogP contribution in [0.15, 0.2) is 24.3 Å². The van der Waals surface area contributed by atoms with Gasteiger partial charge in [-0.2, -0.15) is 0 Å². The Bertz CT molecular complexity index is 552. The average molecular weight is 258 g/mol. The van der Waals surface area contributed by atoms with Crippen LogP contribution in [0.5, 0.6) is 0 Å². The number of rotatable bonds is 1. The van der Waals surface area contributed by atoms with Gasteiger partial charge in [0.25, 0.3) is 0 Å². The molecule has 2 aromatic rings. The Labute approximate surface area is 117 Å². The first kappa shape index (κ1) is 14.1. The normalized spacial score (nSPS) is 15.3. The molecular weight excluding hydrogens is 232 g/mol. The van der Waals surface area contributed by atoms with Gasteiger partial charge in [-0.3, -0.25) is 4.90 Å². The zero-order valence-corrected chi connectivity index (χ0v) is 12.9. The van der Waals surface area contributed by atoms with E-state index in [4.69, 9.17) is 0 Å². The smallest absolute Gasteiger partial charge is 0.0483 e. The highest BCUT2D eigenvalue weighted by Crippen LogP contribution is 2.30. The van der Waals surface area contributed by atoms with Crippen molar-refractivity contribution < 1.29 is 0 Å². The molecule has 0 amide bonds. The van der Waals surface area contributed by atoms with E-state index < -0.39 is 0 Å². The average Bonchev–Trinajstić information content (AvgIpc) is 2.75. The second-order valence-corrected chi connectivity index (χ2v) is 5.32. The quantitative estimate of drug-likeness (QED) is 0.751. The first-order chi connectivity index (χ1) is 9.18. The lowest BCUT2D eigenvalue weighted by atomic mass is 10.0. The molecule has 0 N–H and O–H groups in total. The van der Waals surface area contributed by atoms with Crippen LogP contribution in [0.1, 0.15) is 39.0 Å². The van der Waals surface area contributed by atoms with E-state index in [0.29, 0.717) is 6.04 Å².